The molecular weight excluding hydrogens is 568 g/mol. The van der Waals surface area contributed by atoms with Crippen molar-refractivity contribution in [3.63, 3.8) is 0 Å². The summed E-state index contributed by atoms with van der Waals surface area (Å²) < 4.78 is 0. The summed E-state index contributed by atoms with van der Waals surface area (Å²) in [5, 5.41) is 47.9. The van der Waals surface area contributed by atoms with E-state index in [-0.39, 0.29) is 35.6 Å². The monoisotopic (exact) mass is 604 g/mol. The molecule has 232 valence electrons. The number of hydrogen-bond donors (Lipinski definition) is 6. The molecular formula is C32H36N4O8. The van der Waals surface area contributed by atoms with Crippen LogP contribution >= 0.6 is 0 Å². The van der Waals surface area contributed by atoms with Crippen molar-refractivity contribution in [3.8, 4) is 16.9 Å². The minimum absolute atomic E-state index is 0.00398. The number of aliphatic hydroxyl groups is 3. The fourth-order valence-corrected chi connectivity index (χ4v) is 6.81. The van der Waals surface area contributed by atoms with Gasteiger partial charge in [-0.15, -0.1) is 0 Å². The fraction of sp³-hybridized carbons (Fsp3) is 0.375. The molecule has 3 aliphatic carbocycles. The van der Waals surface area contributed by atoms with Crippen LogP contribution in [0.5, 0.6) is 5.75 Å². The number of likely N-dealkylation sites (N-methyl/N-ethyl adjacent to an activating group) is 2. The van der Waals surface area contributed by atoms with Crippen LogP contribution in [-0.2, 0) is 20.8 Å². The zero-order chi connectivity index (χ0) is 32.2. The molecule has 0 radical (unpaired) electrons. The molecule has 0 aliphatic heterocycles. The van der Waals surface area contributed by atoms with Crippen molar-refractivity contribution in [3.05, 3.63) is 70.0 Å². The van der Waals surface area contributed by atoms with Crippen LogP contribution in [0.4, 0.5) is 0 Å². The molecule has 12 nitrogen and oxygen atoms in total. The van der Waals surface area contributed by atoms with E-state index in [4.69, 9.17) is 5.73 Å². The quantitative estimate of drug-likeness (QED) is 0.248. The Bertz CT molecular complexity index is 1640. The molecule has 2 aromatic carbocycles. The summed E-state index contributed by atoms with van der Waals surface area (Å²) in [6.45, 7) is 1.18. The van der Waals surface area contributed by atoms with Crippen molar-refractivity contribution >= 4 is 29.1 Å². The maximum Gasteiger partial charge on any atom is 0.255 e. The predicted molar refractivity (Wildman–Crippen MR) is 161 cm³/mol. The van der Waals surface area contributed by atoms with Crippen molar-refractivity contribution in [1.82, 2.24) is 15.1 Å². The van der Waals surface area contributed by atoms with Crippen LogP contribution < -0.4 is 11.1 Å². The Hall–Kier alpha value is -4.52. The number of ketones is 2. The summed E-state index contributed by atoms with van der Waals surface area (Å²) >= 11 is 0. The fourth-order valence-electron chi connectivity index (χ4n) is 6.81. The number of hydrogen-bond acceptors (Lipinski definition) is 10. The lowest BCUT2D eigenvalue weighted by Crippen LogP contribution is -2.65. The largest absolute Gasteiger partial charge is 0.508 e. The Morgan fingerprint density at radius 2 is 1.68 bits per heavy atom. The van der Waals surface area contributed by atoms with Crippen LogP contribution in [0, 0.1) is 11.8 Å². The molecule has 44 heavy (non-hydrogen) atoms. The number of phenols is 1. The molecule has 7 N–H and O–H groups in total. The van der Waals surface area contributed by atoms with E-state index in [1.807, 2.05) is 19.0 Å². The number of Topliss-reactive ketones (excluding diaryl/α,β-unsaturated/α-hetero) is 2. The lowest BCUT2D eigenvalue weighted by molar-refractivity contribution is -0.153. The van der Waals surface area contributed by atoms with Crippen LogP contribution in [0.15, 0.2) is 53.3 Å². The molecule has 0 heterocycles. The zero-order valence-electron chi connectivity index (χ0n) is 24.9. The predicted octanol–water partition coefficient (Wildman–Crippen LogP) is 0.922. The van der Waals surface area contributed by atoms with E-state index in [0.717, 1.165) is 0 Å². The minimum Gasteiger partial charge on any atom is -0.508 e. The van der Waals surface area contributed by atoms with Crippen LogP contribution in [0.1, 0.15) is 27.9 Å². The third-order valence-corrected chi connectivity index (χ3v) is 8.91. The number of aliphatic hydroxyl groups excluding tert-OH is 2. The van der Waals surface area contributed by atoms with Crippen LogP contribution in [0.2, 0.25) is 0 Å². The third-order valence-electron chi connectivity index (χ3n) is 8.91. The highest BCUT2D eigenvalue weighted by atomic mass is 16.3. The first-order chi connectivity index (χ1) is 20.7. The lowest BCUT2D eigenvalue weighted by Gasteiger charge is -2.50. The Balaban J connectivity index is 1.58. The molecule has 0 spiro atoms. The van der Waals surface area contributed by atoms with E-state index in [0.29, 0.717) is 35.3 Å². The number of aromatic hydroxyl groups is 1. The average molecular weight is 605 g/mol. The molecule has 3 aliphatic rings. The molecule has 2 amide bonds. The first-order valence-electron chi connectivity index (χ1n) is 14.2. The summed E-state index contributed by atoms with van der Waals surface area (Å²) in [5.74, 6) is -7.21. The van der Waals surface area contributed by atoms with Gasteiger partial charge in [0.2, 0.25) is 5.78 Å². The van der Waals surface area contributed by atoms with Gasteiger partial charge in [0, 0.05) is 30.1 Å². The van der Waals surface area contributed by atoms with Crippen molar-refractivity contribution in [2.75, 3.05) is 41.3 Å². The van der Waals surface area contributed by atoms with Gasteiger partial charge < -0.3 is 36.4 Å². The zero-order valence-corrected chi connectivity index (χ0v) is 24.9. The number of nitrogens with zero attached hydrogens (tertiary/aromatic N) is 2. The Kier molecular flexibility index (Phi) is 7.87. The third kappa shape index (κ3) is 4.75. The van der Waals surface area contributed by atoms with Crippen LogP contribution in [-0.4, -0.2) is 107 Å². The van der Waals surface area contributed by atoms with Crippen molar-refractivity contribution < 1.29 is 39.6 Å². The van der Waals surface area contributed by atoms with Crippen molar-refractivity contribution in [2.45, 2.75) is 24.5 Å². The van der Waals surface area contributed by atoms with Crippen LogP contribution in [0.3, 0.4) is 0 Å². The topological polar surface area (TPSA) is 194 Å². The standard InChI is InChI=1S/C32H36N4O8/c1-35(2)12-11-34-31(43)16-7-5-15(6-8-16)18-9-10-21(37)23-19(18)13-17-14-20-25(36(3)4)27(39)24(30(33)42)29(41)32(20,44)28(40)22(17)26(23)38/h5-10,17,20,25,37-38,41,44H,11-14H2,1-4H3,(H2,33,42)(H,34,43)/t17-,20-,25?,32-/m1/s1. The van der Waals surface area contributed by atoms with Crippen molar-refractivity contribution in [1.29, 1.82) is 0 Å². The van der Waals surface area contributed by atoms with E-state index >= 15 is 0 Å². The number of carbonyl (C=O) groups is 4. The summed E-state index contributed by atoms with van der Waals surface area (Å²) in [7, 11) is 6.93. The minimum atomic E-state index is -2.69. The highest BCUT2D eigenvalue weighted by Gasteiger charge is 2.64. The number of primary amides is 1. The number of amides is 2. The number of carbonyl (C=O) groups excluding carboxylic acids is 4. The number of nitrogens with two attached hydrogens (primary N) is 1. The SMILES string of the molecule is CN(C)CCNC(=O)c1ccc(-c2ccc(O)c3c2C[C@@H]2C[C@@H]4C(N(C)C)C(=O)C(C(N)=O)=C(O)[C@]4(O)C(=O)C2=C3O)cc1. The normalized spacial score (nSPS) is 24.8. The van der Waals surface area contributed by atoms with Gasteiger partial charge in [-0.1, -0.05) is 18.2 Å². The van der Waals surface area contributed by atoms with Gasteiger partial charge >= 0.3 is 0 Å². The van der Waals surface area contributed by atoms with E-state index in [9.17, 15) is 39.6 Å². The highest BCUT2D eigenvalue weighted by molar-refractivity contribution is 6.24. The summed E-state index contributed by atoms with van der Waals surface area (Å²) in [6, 6.07) is 8.76. The first kappa shape index (κ1) is 30.9. The maximum atomic E-state index is 14.0. The van der Waals surface area contributed by atoms with Gasteiger partial charge in [-0.2, -0.15) is 0 Å². The van der Waals surface area contributed by atoms with E-state index in [1.54, 1.807) is 44.4 Å². The molecule has 0 aromatic heterocycles. The number of nitrogens with one attached hydrogen (secondary N) is 1. The molecule has 0 bridgehead atoms. The Morgan fingerprint density at radius 1 is 1.02 bits per heavy atom. The van der Waals surface area contributed by atoms with E-state index in [2.05, 4.69) is 5.32 Å². The van der Waals surface area contributed by atoms with Gasteiger partial charge in [-0.25, -0.2) is 0 Å². The summed E-state index contributed by atoms with van der Waals surface area (Å²) in [6.07, 6.45) is 0.151. The van der Waals surface area contributed by atoms with E-state index < -0.39 is 58.0 Å². The molecule has 2 aromatic rings. The smallest absolute Gasteiger partial charge is 0.255 e. The van der Waals surface area contributed by atoms with Gasteiger partial charge in [-0.05, 0) is 81.8 Å². The van der Waals surface area contributed by atoms with Gasteiger partial charge in [0.15, 0.2) is 11.4 Å². The van der Waals surface area contributed by atoms with Gasteiger partial charge in [0.25, 0.3) is 11.8 Å². The number of phenolic OH excluding ortho intramolecular Hbond substituents is 1. The van der Waals surface area contributed by atoms with Gasteiger partial charge in [0.1, 0.15) is 22.8 Å². The second-order valence-electron chi connectivity index (χ2n) is 12.1. The summed E-state index contributed by atoms with van der Waals surface area (Å²) in [4.78, 5) is 55.4. The summed E-state index contributed by atoms with van der Waals surface area (Å²) in [5.41, 5.74) is 3.97. The molecule has 4 atom stereocenters. The number of benzene rings is 2. The molecule has 1 fully saturated rings. The molecule has 1 unspecified atom stereocenters. The van der Waals surface area contributed by atoms with Gasteiger partial charge in [0.05, 0.1) is 11.6 Å². The Morgan fingerprint density at radius 3 is 2.27 bits per heavy atom. The highest BCUT2D eigenvalue weighted by Crippen LogP contribution is 2.53. The molecule has 12 heteroatoms. The second-order valence-corrected chi connectivity index (χ2v) is 12.1. The Labute approximate surface area is 254 Å². The molecule has 1 saturated carbocycles. The lowest BCUT2D eigenvalue weighted by atomic mass is 9.57. The molecule has 0 saturated heterocycles. The van der Waals surface area contributed by atoms with Crippen LogP contribution in [0.25, 0.3) is 16.9 Å². The second kappa shape index (κ2) is 11.2. The van der Waals surface area contributed by atoms with Gasteiger partial charge in [-0.3, -0.25) is 24.1 Å². The first-order valence-corrected chi connectivity index (χ1v) is 14.2. The van der Waals surface area contributed by atoms with Crippen molar-refractivity contribution in [2.24, 2.45) is 17.6 Å². The van der Waals surface area contributed by atoms with E-state index in [1.165, 1.54) is 11.0 Å². The number of rotatable bonds is 7. The molecule has 5 rings (SSSR count). The number of fused-ring (bicyclic) bond motifs is 3. The average Bonchev–Trinajstić information content (AvgIpc) is 2.94. The maximum absolute atomic E-state index is 14.0.